The third-order valence-electron chi connectivity index (χ3n) is 4.31. The molecule has 1 saturated carbocycles. The molecule has 0 aromatic heterocycles. The topological polar surface area (TPSA) is 29.3 Å². The van der Waals surface area contributed by atoms with E-state index in [9.17, 15) is 4.39 Å². The normalized spacial score (nSPS) is 23.9. The van der Waals surface area contributed by atoms with E-state index in [1.807, 2.05) is 0 Å². The number of rotatable bonds is 3. The quantitative estimate of drug-likeness (QED) is 0.826. The number of nitrogens with zero attached hydrogens (tertiary/aromatic N) is 1. The maximum absolute atomic E-state index is 13.1. The fraction of sp³-hybridized carbons (Fsp3) is 0.600. The van der Waals surface area contributed by atoms with Crippen LogP contribution < -0.4 is 10.6 Å². The standard InChI is InChI=1S/C15H23FN2/c1-3-11-4-7-13(8-5-11)18(2)15-9-6-12(16)10-14(15)17/h6,9-11,13H,3-5,7-8,17H2,1-2H3. The lowest BCUT2D eigenvalue weighted by molar-refractivity contribution is 0.313. The Bertz CT molecular complexity index is 397. The molecule has 18 heavy (non-hydrogen) atoms. The maximum atomic E-state index is 13.1. The van der Waals surface area contributed by atoms with Crippen molar-refractivity contribution < 1.29 is 4.39 Å². The summed E-state index contributed by atoms with van der Waals surface area (Å²) in [7, 11) is 2.07. The van der Waals surface area contributed by atoms with Crippen LogP contribution in [0.1, 0.15) is 39.0 Å². The average Bonchev–Trinajstić information content (AvgIpc) is 2.38. The molecule has 0 radical (unpaired) electrons. The lowest BCUT2D eigenvalue weighted by atomic mass is 9.84. The van der Waals surface area contributed by atoms with Crippen molar-refractivity contribution >= 4 is 11.4 Å². The highest BCUT2D eigenvalue weighted by molar-refractivity contribution is 5.67. The summed E-state index contributed by atoms with van der Waals surface area (Å²) in [5.41, 5.74) is 7.39. The molecule has 0 saturated heterocycles. The van der Waals surface area contributed by atoms with E-state index in [0.29, 0.717) is 11.7 Å². The second-order valence-corrected chi connectivity index (χ2v) is 5.40. The zero-order valence-corrected chi connectivity index (χ0v) is 11.3. The van der Waals surface area contributed by atoms with Gasteiger partial charge in [-0.15, -0.1) is 0 Å². The largest absolute Gasteiger partial charge is 0.397 e. The molecule has 0 bridgehead atoms. The van der Waals surface area contributed by atoms with Gasteiger partial charge in [-0.05, 0) is 49.8 Å². The summed E-state index contributed by atoms with van der Waals surface area (Å²) in [5, 5.41) is 0. The van der Waals surface area contributed by atoms with Gasteiger partial charge >= 0.3 is 0 Å². The van der Waals surface area contributed by atoms with Crippen molar-refractivity contribution in [3.05, 3.63) is 24.0 Å². The number of nitrogen functional groups attached to an aromatic ring is 1. The predicted octanol–water partition coefficient (Wildman–Crippen LogP) is 3.81. The molecule has 0 aliphatic heterocycles. The van der Waals surface area contributed by atoms with Crippen LogP contribution in [-0.4, -0.2) is 13.1 Å². The third kappa shape index (κ3) is 2.77. The van der Waals surface area contributed by atoms with Crippen molar-refractivity contribution in [1.29, 1.82) is 0 Å². The van der Waals surface area contributed by atoms with Gasteiger partial charge in [-0.25, -0.2) is 4.39 Å². The van der Waals surface area contributed by atoms with Gasteiger partial charge in [0.1, 0.15) is 5.82 Å². The van der Waals surface area contributed by atoms with Crippen molar-refractivity contribution in [2.24, 2.45) is 5.92 Å². The molecule has 0 spiro atoms. The number of hydrogen-bond acceptors (Lipinski definition) is 2. The second-order valence-electron chi connectivity index (χ2n) is 5.40. The van der Waals surface area contributed by atoms with E-state index < -0.39 is 0 Å². The van der Waals surface area contributed by atoms with E-state index in [1.54, 1.807) is 6.07 Å². The average molecular weight is 250 g/mol. The molecule has 1 aliphatic carbocycles. The van der Waals surface area contributed by atoms with E-state index in [4.69, 9.17) is 5.73 Å². The highest BCUT2D eigenvalue weighted by Crippen LogP contribution is 2.33. The molecule has 3 heteroatoms. The van der Waals surface area contributed by atoms with Crippen molar-refractivity contribution in [2.75, 3.05) is 17.7 Å². The van der Waals surface area contributed by atoms with Crippen LogP contribution in [0.2, 0.25) is 0 Å². The van der Waals surface area contributed by atoms with Crippen LogP contribution in [0.25, 0.3) is 0 Å². The molecule has 0 heterocycles. The van der Waals surface area contributed by atoms with Gasteiger partial charge in [0.15, 0.2) is 0 Å². The van der Waals surface area contributed by atoms with Gasteiger partial charge in [-0.1, -0.05) is 13.3 Å². The molecule has 0 atom stereocenters. The molecule has 1 fully saturated rings. The van der Waals surface area contributed by atoms with Gasteiger partial charge in [-0.2, -0.15) is 0 Å². The number of nitrogens with two attached hydrogens (primary N) is 1. The fourth-order valence-electron chi connectivity index (χ4n) is 2.98. The molecule has 0 amide bonds. The van der Waals surface area contributed by atoms with E-state index in [1.165, 1.54) is 44.2 Å². The number of halogens is 1. The molecule has 2 nitrogen and oxygen atoms in total. The Morgan fingerprint density at radius 2 is 1.94 bits per heavy atom. The van der Waals surface area contributed by atoms with Gasteiger partial charge < -0.3 is 10.6 Å². The molecule has 2 N–H and O–H groups in total. The lowest BCUT2D eigenvalue weighted by Gasteiger charge is -2.36. The Morgan fingerprint density at radius 1 is 1.28 bits per heavy atom. The van der Waals surface area contributed by atoms with Crippen molar-refractivity contribution in [1.82, 2.24) is 0 Å². The van der Waals surface area contributed by atoms with E-state index >= 15 is 0 Å². The second kappa shape index (κ2) is 5.59. The van der Waals surface area contributed by atoms with Gasteiger partial charge in [0, 0.05) is 13.1 Å². The van der Waals surface area contributed by atoms with Crippen LogP contribution >= 0.6 is 0 Å². The summed E-state index contributed by atoms with van der Waals surface area (Å²) in [4.78, 5) is 2.22. The van der Waals surface area contributed by atoms with E-state index in [0.717, 1.165) is 11.6 Å². The minimum atomic E-state index is -0.264. The third-order valence-corrected chi connectivity index (χ3v) is 4.31. The Morgan fingerprint density at radius 3 is 2.50 bits per heavy atom. The van der Waals surface area contributed by atoms with E-state index in [2.05, 4.69) is 18.9 Å². The van der Waals surface area contributed by atoms with Gasteiger partial charge in [0.2, 0.25) is 0 Å². The zero-order chi connectivity index (χ0) is 13.1. The summed E-state index contributed by atoms with van der Waals surface area (Å²) in [5.74, 6) is 0.625. The van der Waals surface area contributed by atoms with Crippen molar-refractivity contribution in [3.8, 4) is 0 Å². The summed E-state index contributed by atoms with van der Waals surface area (Å²) in [6.07, 6.45) is 6.31. The minimum absolute atomic E-state index is 0.264. The fourth-order valence-corrected chi connectivity index (χ4v) is 2.98. The van der Waals surface area contributed by atoms with Crippen LogP contribution in [-0.2, 0) is 0 Å². The first-order valence-corrected chi connectivity index (χ1v) is 6.89. The Balaban J connectivity index is 2.05. The maximum Gasteiger partial charge on any atom is 0.125 e. The minimum Gasteiger partial charge on any atom is -0.397 e. The smallest absolute Gasteiger partial charge is 0.125 e. The van der Waals surface area contributed by atoms with Crippen LogP contribution in [0.5, 0.6) is 0 Å². The van der Waals surface area contributed by atoms with E-state index in [-0.39, 0.29) is 5.82 Å². The Kier molecular flexibility index (Phi) is 4.10. The molecule has 0 unspecified atom stereocenters. The Hall–Kier alpha value is -1.25. The summed E-state index contributed by atoms with van der Waals surface area (Å²) >= 11 is 0. The molecule has 1 aromatic rings. The number of benzene rings is 1. The van der Waals surface area contributed by atoms with Crippen molar-refractivity contribution in [3.63, 3.8) is 0 Å². The number of anilines is 2. The van der Waals surface area contributed by atoms with Crippen LogP contribution in [0.15, 0.2) is 18.2 Å². The number of hydrogen-bond donors (Lipinski definition) is 1. The highest BCUT2D eigenvalue weighted by atomic mass is 19.1. The summed E-state index contributed by atoms with van der Waals surface area (Å²) < 4.78 is 13.1. The van der Waals surface area contributed by atoms with Crippen LogP contribution in [0, 0.1) is 11.7 Å². The van der Waals surface area contributed by atoms with Gasteiger partial charge in [-0.3, -0.25) is 0 Å². The molecular weight excluding hydrogens is 227 g/mol. The monoisotopic (exact) mass is 250 g/mol. The predicted molar refractivity (Wildman–Crippen MR) is 75.3 cm³/mol. The Labute approximate surface area is 109 Å². The lowest BCUT2D eigenvalue weighted by Crippen LogP contribution is -2.35. The van der Waals surface area contributed by atoms with Gasteiger partial charge in [0.05, 0.1) is 11.4 Å². The molecule has 2 rings (SSSR count). The first-order valence-electron chi connectivity index (χ1n) is 6.89. The van der Waals surface area contributed by atoms with Crippen LogP contribution in [0.4, 0.5) is 15.8 Å². The molecule has 1 aromatic carbocycles. The first-order chi connectivity index (χ1) is 8.61. The van der Waals surface area contributed by atoms with Gasteiger partial charge in [0.25, 0.3) is 0 Å². The van der Waals surface area contributed by atoms with Crippen molar-refractivity contribution in [2.45, 2.75) is 45.1 Å². The molecule has 1 aliphatic rings. The molecular formula is C15H23FN2. The zero-order valence-electron chi connectivity index (χ0n) is 11.3. The molecule has 100 valence electrons. The summed E-state index contributed by atoms with van der Waals surface area (Å²) in [6.45, 7) is 2.27. The highest BCUT2D eigenvalue weighted by Gasteiger charge is 2.24. The first kappa shape index (κ1) is 13.2. The van der Waals surface area contributed by atoms with Crippen LogP contribution in [0.3, 0.4) is 0 Å². The SMILES string of the molecule is CCC1CCC(N(C)c2ccc(F)cc2N)CC1. The summed E-state index contributed by atoms with van der Waals surface area (Å²) in [6, 6.07) is 5.22.